The van der Waals surface area contributed by atoms with Crippen LogP contribution in [0.15, 0.2) is 60.8 Å². The van der Waals surface area contributed by atoms with E-state index < -0.39 is 0 Å². The maximum absolute atomic E-state index is 13.3. The van der Waals surface area contributed by atoms with Crippen LogP contribution in [0.1, 0.15) is 47.2 Å². The molecule has 2 heterocycles. The molecule has 1 aromatic heterocycles. The number of hydrogen-bond donors (Lipinski definition) is 2. The van der Waals surface area contributed by atoms with Crippen LogP contribution in [0.3, 0.4) is 0 Å². The van der Waals surface area contributed by atoms with Crippen molar-refractivity contribution in [2.45, 2.75) is 39.2 Å². The maximum Gasteiger partial charge on any atom is 0.169 e. The van der Waals surface area contributed by atoms with Gasteiger partial charge in [0, 0.05) is 29.7 Å². The zero-order chi connectivity index (χ0) is 25.5. The Balaban J connectivity index is 1.40. The van der Waals surface area contributed by atoms with Crippen LogP contribution < -0.4 is 5.32 Å². The van der Waals surface area contributed by atoms with Gasteiger partial charge in [-0.3, -0.25) is 14.7 Å². The molecule has 6 heteroatoms. The van der Waals surface area contributed by atoms with Crippen molar-refractivity contribution in [2.75, 3.05) is 18.4 Å². The number of fused-ring (bicyclic) bond motifs is 1. The molecular weight excluding hydrogens is 482 g/mol. The number of nitrogens with zero attached hydrogens (tertiary/aromatic N) is 2. The van der Waals surface area contributed by atoms with Crippen LogP contribution in [0.25, 0.3) is 22.0 Å². The van der Waals surface area contributed by atoms with Crippen LogP contribution in [0.2, 0.25) is 5.02 Å². The molecule has 5 nitrogen and oxygen atoms in total. The summed E-state index contributed by atoms with van der Waals surface area (Å²) in [5.41, 5.74) is 7.03. The molecule has 1 saturated carbocycles. The van der Waals surface area contributed by atoms with E-state index in [1.807, 2.05) is 25.1 Å². The molecule has 37 heavy (non-hydrogen) atoms. The molecule has 0 spiro atoms. The Morgan fingerprint density at radius 1 is 1.05 bits per heavy atom. The van der Waals surface area contributed by atoms with Crippen LogP contribution in [-0.4, -0.2) is 33.9 Å². The highest BCUT2D eigenvalue weighted by atomic mass is 35.5. The smallest absolute Gasteiger partial charge is 0.169 e. The Morgan fingerprint density at radius 3 is 2.51 bits per heavy atom. The molecule has 0 bridgehead atoms. The van der Waals surface area contributed by atoms with Crippen molar-refractivity contribution in [2.24, 2.45) is 5.92 Å². The summed E-state index contributed by atoms with van der Waals surface area (Å²) in [4.78, 5) is 20.4. The largest absolute Gasteiger partial charge is 0.506 e. The first kappa shape index (κ1) is 24.0. The number of aromatic hydroxyl groups is 1. The number of phenolic OH excluding ortho intramolecular Hbond substituents is 1. The van der Waals surface area contributed by atoms with Gasteiger partial charge >= 0.3 is 0 Å². The van der Waals surface area contributed by atoms with Gasteiger partial charge in [-0.15, -0.1) is 0 Å². The Labute approximate surface area is 222 Å². The summed E-state index contributed by atoms with van der Waals surface area (Å²) in [5.74, 6) is 0.335. The van der Waals surface area contributed by atoms with E-state index in [2.05, 4.69) is 45.5 Å². The highest BCUT2D eigenvalue weighted by molar-refractivity contribution is 6.32. The van der Waals surface area contributed by atoms with Gasteiger partial charge in [0.15, 0.2) is 5.78 Å². The number of carbonyl (C=O) groups is 1. The number of hydrogen-bond acceptors (Lipinski definition) is 5. The predicted molar refractivity (Wildman–Crippen MR) is 150 cm³/mol. The topological polar surface area (TPSA) is 65.5 Å². The third-order valence-electron chi connectivity index (χ3n) is 7.50. The van der Waals surface area contributed by atoms with Crippen molar-refractivity contribution in [3.8, 4) is 16.9 Å². The molecule has 4 aromatic rings. The fourth-order valence-electron chi connectivity index (χ4n) is 5.20. The molecule has 0 atom stereocenters. The average Bonchev–Trinajstić information content (AvgIpc) is 3.64. The summed E-state index contributed by atoms with van der Waals surface area (Å²) in [6.45, 7) is 5.15. The number of carbonyl (C=O) groups excluding carboxylic acids is 1. The lowest BCUT2D eigenvalue weighted by molar-refractivity contribution is 0.0968. The Kier molecular flexibility index (Phi) is 6.35. The van der Waals surface area contributed by atoms with Gasteiger partial charge < -0.3 is 10.4 Å². The van der Waals surface area contributed by atoms with E-state index in [1.165, 1.54) is 31.5 Å². The number of likely N-dealkylation sites (tertiary alicyclic amines) is 1. The van der Waals surface area contributed by atoms with Crippen LogP contribution >= 0.6 is 11.6 Å². The number of anilines is 2. The van der Waals surface area contributed by atoms with Gasteiger partial charge in [0.05, 0.1) is 21.8 Å². The Bertz CT molecular complexity index is 1470. The standard InChI is InChI=1S/C31H30ClN3O2/c1-19-14-23(16-27(32)30(19)36)22-8-11-28-25(15-22)29(26(17-33-28)31(37)21-6-7-21)34-24-9-4-20(5-10-24)18-35-12-2-3-13-35/h4-5,8-11,14-17,21,36H,2-3,6-7,12-13,18H2,1H3,(H,33,34). The van der Waals surface area contributed by atoms with Gasteiger partial charge in [0.2, 0.25) is 0 Å². The van der Waals surface area contributed by atoms with E-state index in [0.717, 1.165) is 52.8 Å². The molecule has 1 aliphatic carbocycles. The molecule has 6 rings (SSSR count). The minimum absolute atomic E-state index is 0.0874. The summed E-state index contributed by atoms with van der Waals surface area (Å²) >= 11 is 6.28. The normalized spacial score (nSPS) is 15.8. The first-order chi connectivity index (χ1) is 18.0. The summed E-state index contributed by atoms with van der Waals surface area (Å²) in [6.07, 6.45) is 6.16. The van der Waals surface area contributed by atoms with Gasteiger partial charge in [-0.25, -0.2) is 0 Å². The molecule has 0 radical (unpaired) electrons. The molecule has 0 amide bonds. The summed E-state index contributed by atoms with van der Waals surface area (Å²) in [6, 6.07) is 18.2. The van der Waals surface area contributed by atoms with E-state index >= 15 is 0 Å². The highest BCUT2D eigenvalue weighted by Gasteiger charge is 2.32. The number of Topliss-reactive ketones (excluding diaryl/α,β-unsaturated/α-hetero) is 1. The van der Waals surface area contributed by atoms with Crippen molar-refractivity contribution < 1.29 is 9.90 Å². The highest BCUT2D eigenvalue weighted by Crippen LogP contribution is 2.39. The van der Waals surface area contributed by atoms with E-state index in [4.69, 9.17) is 11.6 Å². The molecule has 188 valence electrons. The molecule has 1 saturated heterocycles. The van der Waals surface area contributed by atoms with E-state index in [0.29, 0.717) is 16.1 Å². The molecular formula is C31H30ClN3O2. The Morgan fingerprint density at radius 2 is 1.81 bits per heavy atom. The number of aryl methyl sites for hydroxylation is 1. The number of aromatic nitrogens is 1. The number of rotatable bonds is 7. The lowest BCUT2D eigenvalue weighted by Gasteiger charge is -2.17. The third-order valence-corrected chi connectivity index (χ3v) is 7.79. The van der Waals surface area contributed by atoms with Crippen LogP contribution in [0, 0.1) is 12.8 Å². The number of pyridine rings is 1. The average molecular weight is 512 g/mol. The van der Waals surface area contributed by atoms with Crippen LogP contribution in [0.4, 0.5) is 11.4 Å². The molecule has 2 fully saturated rings. The second-order valence-corrected chi connectivity index (χ2v) is 10.8. The van der Waals surface area contributed by atoms with Crippen molar-refractivity contribution in [3.05, 3.63) is 82.5 Å². The van der Waals surface area contributed by atoms with Crippen molar-refractivity contribution >= 4 is 39.7 Å². The minimum atomic E-state index is 0.0874. The van der Waals surface area contributed by atoms with Gasteiger partial charge in [-0.2, -0.15) is 0 Å². The number of benzene rings is 3. The number of phenols is 1. The van der Waals surface area contributed by atoms with Crippen molar-refractivity contribution in [3.63, 3.8) is 0 Å². The van der Waals surface area contributed by atoms with E-state index in [1.54, 1.807) is 12.3 Å². The summed E-state index contributed by atoms with van der Waals surface area (Å²) < 4.78 is 0. The fourth-order valence-corrected chi connectivity index (χ4v) is 5.47. The van der Waals surface area contributed by atoms with E-state index in [9.17, 15) is 9.90 Å². The second kappa shape index (κ2) is 9.81. The first-order valence-corrected chi connectivity index (χ1v) is 13.4. The number of halogens is 1. The quantitative estimate of drug-likeness (QED) is 0.251. The lowest BCUT2D eigenvalue weighted by atomic mass is 9.98. The lowest BCUT2D eigenvalue weighted by Crippen LogP contribution is -2.18. The van der Waals surface area contributed by atoms with Crippen molar-refractivity contribution in [1.29, 1.82) is 0 Å². The molecule has 3 aromatic carbocycles. The maximum atomic E-state index is 13.3. The van der Waals surface area contributed by atoms with Gasteiger partial charge in [0.25, 0.3) is 0 Å². The third kappa shape index (κ3) is 4.94. The minimum Gasteiger partial charge on any atom is -0.506 e. The molecule has 0 unspecified atom stereocenters. The second-order valence-electron chi connectivity index (χ2n) is 10.3. The molecule has 2 aliphatic rings. The van der Waals surface area contributed by atoms with Crippen molar-refractivity contribution in [1.82, 2.24) is 9.88 Å². The predicted octanol–water partition coefficient (Wildman–Crippen LogP) is 7.50. The monoisotopic (exact) mass is 511 g/mol. The van der Waals surface area contributed by atoms with E-state index in [-0.39, 0.29) is 17.5 Å². The first-order valence-electron chi connectivity index (χ1n) is 13.0. The zero-order valence-electron chi connectivity index (χ0n) is 20.9. The van der Waals surface area contributed by atoms with Gasteiger partial charge in [0.1, 0.15) is 5.75 Å². The zero-order valence-corrected chi connectivity index (χ0v) is 21.7. The number of ketones is 1. The van der Waals surface area contributed by atoms with Gasteiger partial charge in [-0.1, -0.05) is 29.8 Å². The Hall–Kier alpha value is -3.41. The summed E-state index contributed by atoms with van der Waals surface area (Å²) in [7, 11) is 0. The molecule has 2 N–H and O–H groups in total. The van der Waals surface area contributed by atoms with Gasteiger partial charge in [-0.05, 0) is 104 Å². The molecule has 1 aliphatic heterocycles. The summed E-state index contributed by atoms with van der Waals surface area (Å²) in [5, 5.41) is 14.9. The van der Waals surface area contributed by atoms with Crippen LogP contribution in [0.5, 0.6) is 5.75 Å². The number of nitrogens with one attached hydrogen (secondary N) is 1. The van der Waals surface area contributed by atoms with Crippen LogP contribution in [-0.2, 0) is 6.54 Å². The SMILES string of the molecule is Cc1cc(-c2ccc3ncc(C(=O)C4CC4)c(Nc4ccc(CN5CCCC5)cc4)c3c2)cc(Cl)c1O. The fraction of sp³-hybridized carbons (Fsp3) is 0.290.